The molecule has 0 bridgehead atoms. The molecule has 1 saturated heterocycles. The molecule has 0 aliphatic carbocycles. The van der Waals surface area contributed by atoms with Crippen molar-refractivity contribution in [2.45, 2.75) is 38.3 Å². The number of para-hydroxylation sites is 1. The Morgan fingerprint density at radius 1 is 1.55 bits per heavy atom. The maximum Gasteiger partial charge on any atom is 0.224 e. The minimum atomic E-state index is -0.104. The van der Waals surface area contributed by atoms with E-state index in [4.69, 9.17) is 22.1 Å². The van der Waals surface area contributed by atoms with Gasteiger partial charge in [-0.1, -0.05) is 23.7 Å². The molecule has 0 radical (unpaired) electrons. The van der Waals surface area contributed by atoms with Gasteiger partial charge in [0.2, 0.25) is 5.91 Å². The summed E-state index contributed by atoms with van der Waals surface area (Å²) in [6.45, 7) is 3.24. The maximum atomic E-state index is 12.0. The van der Waals surface area contributed by atoms with Crippen LogP contribution in [0.15, 0.2) is 24.3 Å². The molecule has 0 spiro atoms. The summed E-state index contributed by atoms with van der Waals surface area (Å²) in [4.78, 5) is 13.9. The Morgan fingerprint density at radius 3 is 3.00 bits per heavy atom. The molecule has 110 valence electrons. The van der Waals surface area contributed by atoms with Gasteiger partial charge in [0, 0.05) is 19.0 Å². The molecule has 20 heavy (non-hydrogen) atoms. The third kappa shape index (κ3) is 4.12. The van der Waals surface area contributed by atoms with Gasteiger partial charge in [0.05, 0.1) is 11.6 Å². The van der Waals surface area contributed by atoms with E-state index in [9.17, 15) is 4.79 Å². The molecule has 1 aromatic carbocycles. The van der Waals surface area contributed by atoms with Gasteiger partial charge in [0.15, 0.2) is 0 Å². The molecule has 1 aromatic rings. The highest BCUT2D eigenvalue weighted by Crippen LogP contribution is 2.26. The fraction of sp³-hybridized carbons (Fsp3) is 0.533. The van der Waals surface area contributed by atoms with Crippen LogP contribution in [0.3, 0.4) is 0 Å². The first-order valence-electron chi connectivity index (χ1n) is 7.01. The molecular formula is C15H21ClN2O2. The Kier molecular flexibility index (Phi) is 5.26. The average molecular weight is 297 g/mol. The first-order chi connectivity index (χ1) is 9.56. The number of nitrogens with zero attached hydrogens (tertiary/aromatic N) is 1. The Morgan fingerprint density at radius 2 is 2.30 bits per heavy atom. The number of halogens is 1. The van der Waals surface area contributed by atoms with Crippen LogP contribution in [0.25, 0.3) is 0 Å². The number of likely N-dealkylation sites (tertiary alicyclic amines) is 1. The van der Waals surface area contributed by atoms with Gasteiger partial charge in [0.25, 0.3) is 0 Å². The van der Waals surface area contributed by atoms with E-state index < -0.39 is 0 Å². The van der Waals surface area contributed by atoms with E-state index in [1.54, 1.807) is 6.07 Å². The van der Waals surface area contributed by atoms with Crippen molar-refractivity contribution in [3.8, 4) is 5.75 Å². The summed E-state index contributed by atoms with van der Waals surface area (Å²) >= 11 is 6.09. The molecule has 2 atom stereocenters. The monoisotopic (exact) mass is 296 g/mol. The first-order valence-corrected chi connectivity index (χ1v) is 7.38. The number of ether oxygens (including phenoxy) is 1. The summed E-state index contributed by atoms with van der Waals surface area (Å²) in [5.41, 5.74) is 5.68. The highest BCUT2D eigenvalue weighted by atomic mass is 35.5. The van der Waals surface area contributed by atoms with Crippen molar-refractivity contribution in [2.75, 3.05) is 13.1 Å². The molecule has 1 aliphatic rings. The van der Waals surface area contributed by atoms with E-state index >= 15 is 0 Å². The number of hydrogen-bond donors (Lipinski definition) is 1. The van der Waals surface area contributed by atoms with Crippen LogP contribution in [0.1, 0.15) is 26.2 Å². The maximum absolute atomic E-state index is 12.0. The van der Waals surface area contributed by atoms with Crippen molar-refractivity contribution in [1.29, 1.82) is 0 Å². The average Bonchev–Trinajstić information content (AvgIpc) is 2.41. The lowest BCUT2D eigenvalue weighted by atomic mass is 10.1. The fourth-order valence-corrected chi connectivity index (χ4v) is 2.57. The van der Waals surface area contributed by atoms with Crippen LogP contribution in [0.2, 0.25) is 5.02 Å². The van der Waals surface area contributed by atoms with Crippen LogP contribution in [-0.4, -0.2) is 36.0 Å². The second-order valence-corrected chi connectivity index (χ2v) is 5.74. The number of amides is 1. The molecule has 0 saturated carbocycles. The van der Waals surface area contributed by atoms with Gasteiger partial charge in [-0.15, -0.1) is 0 Å². The van der Waals surface area contributed by atoms with E-state index in [1.807, 2.05) is 30.0 Å². The Labute approximate surface area is 124 Å². The summed E-state index contributed by atoms with van der Waals surface area (Å²) in [6, 6.07) is 7.31. The molecule has 2 rings (SSSR count). The van der Waals surface area contributed by atoms with Crippen LogP contribution in [0.4, 0.5) is 0 Å². The minimum absolute atomic E-state index is 0.000630. The Balaban J connectivity index is 1.94. The summed E-state index contributed by atoms with van der Waals surface area (Å²) in [5.74, 6) is 0.785. The van der Waals surface area contributed by atoms with E-state index in [-0.39, 0.29) is 18.1 Å². The molecular weight excluding hydrogens is 276 g/mol. The molecule has 4 nitrogen and oxygen atoms in total. The highest BCUT2D eigenvalue weighted by molar-refractivity contribution is 6.32. The van der Waals surface area contributed by atoms with Crippen molar-refractivity contribution in [1.82, 2.24) is 4.90 Å². The minimum Gasteiger partial charge on any atom is -0.487 e. The zero-order valence-electron chi connectivity index (χ0n) is 11.7. The topological polar surface area (TPSA) is 55.6 Å². The first kappa shape index (κ1) is 15.1. The molecule has 2 N–H and O–H groups in total. The fourth-order valence-electron chi connectivity index (χ4n) is 2.39. The largest absolute Gasteiger partial charge is 0.487 e. The van der Waals surface area contributed by atoms with E-state index in [2.05, 4.69) is 0 Å². The smallest absolute Gasteiger partial charge is 0.224 e. The summed E-state index contributed by atoms with van der Waals surface area (Å²) in [5, 5.41) is 0.603. The number of rotatable bonds is 4. The Bertz CT molecular complexity index is 465. The number of benzene rings is 1. The summed E-state index contributed by atoms with van der Waals surface area (Å²) in [7, 11) is 0. The normalized spacial score (nSPS) is 20.6. The van der Waals surface area contributed by atoms with Crippen LogP contribution >= 0.6 is 11.6 Å². The third-order valence-electron chi connectivity index (χ3n) is 3.36. The predicted octanol–water partition coefficient (Wildman–Crippen LogP) is 2.45. The van der Waals surface area contributed by atoms with Gasteiger partial charge >= 0.3 is 0 Å². The van der Waals surface area contributed by atoms with Gasteiger partial charge in [-0.05, 0) is 31.9 Å². The predicted molar refractivity (Wildman–Crippen MR) is 79.9 cm³/mol. The lowest BCUT2D eigenvalue weighted by Gasteiger charge is -2.33. The second-order valence-electron chi connectivity index (χ2n) is 5.33. The number of hydrogen-bond acceptors (Lipinski definition) is 3. The van der Waals surface area contributed by atoms with Crippen LogP contribution < -0.4 is 10.5 Å². The number of carbonyl (C=O) groups excluding carboxylic acids is 1. The highest BCUT2D eigenvalue weighted by Gasteiger charge is 2.25. The number of carbonyl (C=O) groups is 1. The Hall–Kier alpha value is -1.26. The van der Waals surface area contributed by atoms with Crippen molar-refractivity contribution in [3.05, 3.63) is 29.3 Å². The molecule has 1 aliphatic heterocycles. The number of nitrogens with two attached hydrogens (primary N) is 1. The third-order valence-corrected chi connectivity index (χ3v) is 3.67. The second kappa shape index (κ2) is 6.95. The van der Waals surface area contributed by atoms with Crippen molar-refractivity contribution in [2.24, 2.45) is 5.73 Å². The van der Waals surface area contributed by atoms with Crippen molar-refractivity contribution >= 4 is 17.5 Å². The van der Waals surface area contributed by atoms with Gasteiger partial charge in [-0.2, -0.15) is 0 Å². The van der Waals surface area contributed by atoms with Crippen LogP contribution in [-0.2, 0) is 4.79 Å². The molecule has 2 unspecified atom stereocenters. The molecule has 0 aromatic heterocycles. The molecule has 5 heteroatoms. The van der Waals surface area contributed by atoms with Crippen molar-refractivity contribution in [3.63, 3.8) is 0 Å². The molecule has 1 heterocycles. The zero-order valence-corrected chi connectivity index (χ0v) is 12.5. The quantitative estimate of drug-likeness (QED) is 0.928. The standard InChI is InChI=1S/C15H21ClN2O2/c1-11(17)9-15(19)18-8-4-5-12(10-18)20-14-7-3-2-6-13(14)16/h2-3,6-7,11-12H,4-5,8-10,17H2,1H3. The van der Waals surface area contributed by atoms with Gasteiger partial charge in [0.1, 0.15) is 11.9 Å². The summed E-state index contributed by atoms with van der Waals surface area (Å²) in [6.07, 6.45) is 2.27. The van der Waals surface area contributed by atoms with E-state index in [1.165, 1.54) is 0 Å². The number of piperidine rings is 1. The van der Waals surface area contributed by atoms with Gasteiger partial charge in [-0.3, -0.25) is 4.79 Å². The van der Waals surface area contributed by atoms with E-state index in [0.717, 1.165) is 19.4 Å². The molecule has 1 amide bonds. The lowest BCUT2D eigenvalue weighted by Crippen LogP contribution is -2.45. The lowest BCUT2D eigenvalue weighted by molar-refractivity contribution is -0.134. The van der Waals surface area contributed by atoms with Crippen molar-refractivity contribution < 1.29 is 9.53 Å². The van der Waals surface area contributed by atoms with E-state index in [0.29, 0.717) is 23.7 Å². The van der Waals surface area contributed by atoms with Crippen LogP contribution in [0.5, 0.6) is 5.75 Å². The zero-order chi connectivity index (χ0) is 14.5. The SMILES string of the molecule is CC(N)CC(=O)N1CCCC(Oc2ccccc2Cl)C1. The van der Waals surface area contributed by atoms with Gasteiger partial charge in [-0.25, -0.2) is 0 Å². The summed E-state index contributed by atoms with van der Waals surface area (Å²) < 4.78 is 5.91. The molecule has 1 fully saturated rings. The van der Waals surface area contributed by atoms with Crippen LogP contribution in [0, 0.1) is 0 Å². The van der Waals surface area contributed by atoms with Gasteiger partial charge < -0.3 is 15.4 Å².